The smallest absolute Gasteiger partial charge is 0.0590 e. The van der Waals surface area contributed by atoms with E-state index in [0.29, 0.717) is 5.92 Å². The molecule has 0 saturated heterocycles. The number of nitrogens with zero attached hydrogens (tertiary/aromatic N) is 1. The third kappa shape index (κ3) is 4.08. The second-order valence-corrected chi connectivity index (χ2v) is 6.29. The summed E-state index contributed by atoms with van der Waals surface area (Å²) in [7, 11) is 0. The second kappa shape index (κ2) is 8.92. The van der Waals surface area contributed by atoms with Crippen LogP contribution in [0.4, 0.5) is 0 Å². The van der Waals surface area contributed by atoms with Gasteiger partial charge in [-0.3, -0.25) is 4.90 Å². The molecule has 0 spiro atoms. The van der Waals surface area contributed by atoms with Gasteiger partial charge in [0.05, 0.1) is 5.54 Å². The molecule has 1 rings (SSSR count). The van der Waals surface area contributed by atoms with Crippen molar-refractivity contribution in [3.05, 3.63) is 61.2 Å². The van der Waals surface area contributed by atoms with E-state index in [2.05, 4.69) is 63.1 Å². The summed E-state index contributed by atoms with van der Waals surface area (Å²) >= 11 is 0. The van der Waals surface area contributed by atoms with Crippen LogP contribution in [0.1, 0.15) is 39.2 Å². The fraction of sp³-hybridized carbons (Fsp3) is 0.500. The van der Waals surface area contributed by atoms with Crippen LogP contribution in [0.15, 0.2) is 55.6 Å². The first-order valence-electron chi connectivity index (χ1n) is 8.32. The van der Waals surface area contributed by atoms with Gasteiger partial charge in [0.1, 0.15) is 0 Å². The van der Waals surface area contributed by atoms with Gasteiger partial charge in [-0.05, 0) is 17.9 Å². The van der Waals surface area contributed by atoms with E-state index in [1.54, 1.807) is 0 Å². The van der Waals surface area contributed by atoms with Gasteiger partial charge in [-0.25, -0.2) is 0 Å². The molecule has 0 heterocycles. The van der Waals surface area contributed by atoms with Gasteiger partial charge >= 0.3 is 0 Å². The van der Waals surface area contributed by atoms with Crippen LogP contribution in [-0.2, 0) is 5.54 Å². The number of rotatable bonds is 10. The highest BCUT2D eigenvalue weighted by Crippen LogP contribution is 2.35. The molecule has 2 N–H and O–H groups in total. The minimum Gasteiger partial charge on any atom is -0.320 e. The molecule has 122 valence electrons. The lowest BCUT2D eigenvalue weighted by atomic mass is 9.73. The van der Waals surface area contributed by atoms with Gasteiger partial charge in [0, 0.05) is 19.1 Å². The van der Waals surface area contributed by atoms with E-state index >= 15 is 0 Å². The van der Waals surface area contributed by atoms with Gasteiger partial charge in [0.15, 0.2) is 0 Å². The minimum atomic E-state index is -0.386. The molecular formula is C20H32N2. The van der Waals surface area contributed by atoms with Crippen LogP contribution in [0, 0.1) is 5.92 Å². The number of hydrogen-bond donors (Lipinski definition) is 1. The van der Waals surface area contributed by atoms with E-state index in [1.807, 2.05) is 18.2 Å². The molecular weight excluding hydrogens is 268 g/mol. The van der Waals surface area contributed by atoms with Crippen molar-refractivity contribution >= 4 is 0 Å². The van der Waals surface area contributed by atoms with Gasteiger partial charge in [0.25, 0.3) is 0 Å². The Labute approximate surface area is 136 Å². The molecule has 2 nitrogen and oxygen atoms in total. The maximum Gasteiger partial charge on any atom is 0.0590 e. The van der Waals surface area contributed by atoms with Gasteiger partial charge < -0.3 is 5.73 Å². The summed E-state index contributed by atoms with van der Waals surface area (Å²) in [5.41, 5.74) is 7.87. The molecule has 0 saturated carbocycles. The average Bonchev–Trinajstić information content (AvgIpc) is 2.52. The largest absolute Gasteiger partial charge is 0.320 e. The molecule has 2 atom stereocenters. The normalized spacial score (nSPS) is 15.5. The Morgan fingerprint density at radius 2 is 1.68 bits per heavy atom. The van der Waals surface area contributed by atoms with Crippen molar-refractivity contribution in [3.63, 3.8) is 0 Å². The van der Waals surface area contributed by atoms with Crippen molar-refractivity contribution in [2.45, 2.75) is 45.2 Å². The van der Waals surface area contributed by atoms with Gasteiger partial charge in [-0.2, -0.15) is 0 Å². The number of benzene rings is 1. The highest BCUT2D eigenvalue weighted by molar-refractivity contribution is 5.27. The van der Waals surface area contributed by atoms with Crippen LogP contribution in [0.2, 0.25) is 0 Å². The van der Waals surface area contributed by atoms with E-state index < -0.39 is 0 Å². The van der Waals surface area contributed by atoms with Crippen LogP contribution in [0.3, 0.4) is 0 Å². The maximum absolute atomic E-state index is 7.04. The summed E-state index contributed by atoms with van der Waals surface area (Å²) in [5, 5.41) is 0. The first kappa shape index (κ1) is 18.7. The first-order valence-corrected chi connectivity index (χ1v) is 8.32. The summed E-state index contributed by atoms with van der Waals surface area (Å²) in [6, 6.07) is 10.8. The molecule has 1 aromatic carbocycles. The Morgan fingerprint density at radius 3 is 2.09 bits per heavy atom. The lowest BCUT2D eigenvalue weighted by Crippen LogP contribution is -2.59. The van der Waals surface area contributed by atoms with Crippen LogP contribution in [0.5, 0.6) is 0 Å². The fourth-order valence-corrected chi connectivity index (χ4v) is 3.29. The fourth-order valence-electron chi connectivity index (χ4n) is 3.29. The predicted molar refractivity (Wildman–Crippen MR) is 97.8 cm³/mol. The van der Waals surface area contributed by atoms with Crippen LogP contribution in [-0.4, -0.2) is 24.0 Å². The summed E-state index contributed by atoms with van der Waals surface area (Å²) < 4.78 is 0. The zero-order valence-corrected chi connectivity index (χ0v) is 14.5. The Bertz CT molecular complexity index is 442. The highest BCUT2D eigenvalue weighted by atomic mass is 15.2. The standard InChI is InChI=1S/C20H32N2/c1-6-12-19(22(15-7-2)16-8-3)20(21,17(4)5)18-13-10-9-11-14-18/h7-11,13-14,17,19H,2-3,6,12,15-16,21H2,1,4-5H3. The van der Waals surface area contributed by atoms with E-state index in [0.717, 1.165) is 25.9 Å². The predicted octanol–water partition coefficient (Wildman–Crippen LogP) is 4.34. The molecule has 0 bridgehead atoms. The van der Waals surface area contributed by atoms with E-state index in [1.165, 1.54) is 5.56 Å². The van der Waals surface area contributed by atoms with Gasteiger partial charge in [-0.1, -0.05) is 69.7 Å². The third-order valence-corrected chi connectivity index (χ3v) is 4.51. The summed E-state index contributed by atoms with van der Waals surface area (Å²) in [6.07, 6.45) is 6.08. The van der Waals surface area contributed by atoms with E-state index in [-0.39, 0.29) is 11.6 Å². The minimum absolute atomic E-state index is 0.260. The Hall–Kier alpha value is -1.38. The van der Waals surface area contributed by atoms with Crippen LogP contribution >= 0.6 is 0 Å². The molecule has 0 fully saturated rings. The summed E-state index contributed by atoms with van der Waals surface area (Å²) in [6.45, 7) is 16.1. The molecule has 0 radical (unpaired) electrons. The first-order chi connectivity index (χ1) is 10.5. The lowest BCUT2D eigenvalue weighted by molar-refractivity contribution is 0.0987. The maximum atomic E-state index is 7.04. The van der Waals surface area contributed by atoms with Crippen molar-refractivity contribution in [2.75, 3.05) is 13.1 Å². The number of nitrogens with two attached hydrogens (primary N) is 1. The Morgan fingerprint density at radius 1 is 1.14 bits per heavy atom. The lowest BCUT2D eigenvalue weighted by Gasteiger charge is -2.46. The van der Waals surface area contributed by atoms with Crippen LogP contribution < -0.4 is 5.73 Å². The van der Waals surface area contributed by atoms with Gasteiger partial charge in [-0.15, -0.1) is 13.2 Å². The third-order valence-electron chi connectivity index (χ3n) is 4.51. The highest BCUT2D eigenvalue weighted by Gasteiger charge is 2.41. The monoisotopic (exact) mass is 300 g/mol. The molecule has 2 heteroatoms. The molecule has 2 unspecified atom stereocenters. The van der Waals surface area contributed by atoms with Crippen molar-refractivity contribution in [3.8, 4) is 0 Å². The van der Waals surface area contributed by atoms with Crippen LogP contribution in [0.25, 0.3) is 0 Å². The molecule has 0 aliphatic carbocycles. The molecule has 22 heavy (non-hydrogen) atoms. The molecule has 0 aliphatic heterocycles. The molecule has 0 amide bonds. The SMILES string of the molecule is C=CCN(CC=C)C(CCC)C(N)(c1ccccc1)C(C)C. The van der Waals surface area contributed by atoms with Crippen molar-refractivity contribution in [2.24, 2.45) is 11.7 Å². The quantitative estimate of drug-likeness (QED) is 0.651. The molecule has 1 aromatic rings. The van der Waals surface area contributed by atoms with Crippen molar-refractivity contribution in [1.82, 2.24) is 4.90 Å². The molecule has 0 aliphatic rings. The Kier molecular flexibility index (Phi) is 7.57. The summed E-state index contributed by atoms with van der Waals surface area (Å²) in [5.74, 6) is 0.337. The van der Waals surface area contributed by atoms with Crippen molar-refractivity contribution in [1.29, 1.82) is 0 Å². The van der Waals surface area contributed by atoms with E-state index in [4.69, 9.17) is 5.73 Å². The van der Waals surface area contributed by atoms with E-state index in [9.17, 15) is 0 Å². The summed E-state index contributed by atoms with van der Waals surface area (Å²) in [4.78, 5) is 2.40. The average molecular weight is 300 g/mol. The van der Waals surface area contributed by atoms with Gasteiger partial charge in [0.2, 0.25) is 0 Å². The van der Waals surface area contributed by atoms with Crippen molar-refractivity contribution < 1.29 is 0 Å². The molecule has 0 aromatic heterocycles. The second-order valence-electron chi connectivity index (χ2n) is 6.29. The zero-order chi connectivity index (χ0) is 16.6. The Balaban J connectivity index is 3.32. The zero-order valence-electron chi connectivity index (χ0n) is 14.5. The topological polar surface area (TPSA) is 29.3 Å². The number of hydrogen-bond acceptors (Lipinski definition) is 2.